The van der Waals surface area contributed by atoms with Crippen molar-refractivity contribution in [3.63, 3.8) is 0 Å². The van der Waals surface area contributed by atoms with E-state index < -0.39 is 24.5 Å². The molecule has 0 aliphatic heterocycles. The number of carbonyl (C=O) groups excluding carboxylic acids is 1. The Morgan fingerprint density at radius 3 is 1.50 bits per heavy atom. The fraction of sp³-hybridized carbons (Fsp3) is 0.952. The summed E-state index contributed by atoms with van der Waals surface area (Å²) in [4.78, 5) is 11.5. The lowest BCUT2D eigenvalue weighted by atomic mass is 10.0. The molecule has 0 radical (unpaired) electrons. The van der Waals surface area contributed by atoms with E-state index in [-0.39, 0.29) is 0 Å². The average Bonchev–Trinajstić information content (AvgIpc) is 2.61. The number of aliphatic hydroxyl groups excluding tert-OH is 2. The van der Waals surface area contributed by atoms with Gasteiger partial charge in [-0.05, 0) is 13.3 Å². The van der Waals surface area contributed by atoms with E-state index in [9.17, 15) is 9.90 Å². The second kappa shape index (κ2) is 17.7. The molecule has 0 aliphatic rings. The topological polar surface area (TPSA) is 87.0 Å². The number of esters is 1. The molecule has 0 rings (SSSR count). The number of hydrogen-bond donors (Lipinski definition) is 3. The predicted molar refractivity (Wildman–Crippen MR) is 105 cm³/mol. The van der Waals surface area contributed by atoms with Crippen molar-refractivity contribution < 1.29 is 24.9 Å². The maximum absolute atomic E-state index is 11.5. The summed E-state index contributed by atoms with van der Waals surface area (Å²) in [6.07, 6.45) is 14.1. The van der Waals surface area contributed by atoms with Crippen LogP contribution in [0.25, 0.3) is 0 Å². The quantitative estimate of drug-likeness (QED) is 0.187. The molecule has 0 aromatic heterocycles. The molecule has 2 atom stereocenters. The summed E-state index contributed by atoms with van der Waals surface area (Å²) in [6.45, 7) is 3.63. The Balaban J connectivity index is 3.34. The molecule has 0 aromatic rings. The van der Waals surface area contributed by atoms with Gasteiger partial charge in [0.1, 0.15) is 6.10 Å². The van der Waals surface area contributed by atoms with Crippen LogP contribution in [-0.4, -0.2) is 39.8 Å². The number of ether oxygens (including phenoxy) is 1. The Bertz CT molecular complexity index is 320. The smallest absolute Gasteiger partial charge is 0.335 e. The predicted octanol–water partition coefficient (Wildman–Crippen LogP) is 4.46. The van der Waals surface area contributed by atoms with Gasteiger partial charge in [0, 0.05) is 0 Å². The number of aliphatic hydroxyl groups is 3. The molecule has 0 spiro atoms. The van der Waals surface area contributed by atoms with E-state index in [1.165, 1.54) is 77.6 Å². The van der Waals surface area contributed by atoms with Crippen molar-refractivity contribution in [2.45, 2.75) is 129 Å². The fourth-order valence-electron chi connectivity index (χ4n) is 2.97. The van der Waals surface area contributed by atoms with Gasteiger partial charge in [0.25, 0.3) is 0 Å². The fourth-order valence-corrected chi connectivity index (χ4v) is 2.97. The molecule has 0 bridgehead atoms. The third-order valence-corrected chi connectivity index (χ3v) is 4.83. The molecule has 0 fully saturated rings. The SMILES string of the molecule is CCCCCCCCCCCCCCCCC(O)C(=O)OC(C)C(O)O. The summed E-state index contributed by atoms with van der Waals surface area (Å²) < 4.78 is 4.75. The lowest BCUT2D eigenvalue weighted by Gasteiger charge is -2.17. The molecule has 156 valence electrons. The van der Waals surface area contributed by atoms with Crippen LogP contribution in [0.4, 0.5) is 0 Å². The van der Waals surface area contributed by atoms with Crippen molar-refractivity contribution in [2.24, 2.45) is 0 Å². The minimum absolute atomic E-state index is 0.366. The molecule has 26 heavy (non-hydrogen) atoms. The first-order valence-electron chi connectivity index (χ1n) is 10.7. The lowest BCUT2D eigenvalue weighted by molar-refractivity contribution is -0.180. The summed E-state index contributed by atoms with van der Waals surface area (Å²) in [5.41, 5.74) is 0. The van der Waals surface area contributed by atoms with Crippen molar-refractivity contribution in [1.82, 2.24) is 0 Å². The van der Waals surface area contributed by atoms with Gasteiger partial charge in [0.2, 0.25) is 0 Å². The van der Waals surface area contributed by atoms with Gasteiger partial charge < -0.3 is 20.1 Å². The van der Waals surface area contributed by atoms with E-state index in [4.69, 9.17) is 14.9 Å². The van der Waals surface area contributed by atoms with Crippen LogP contribution in [0, 0.1) is 0 Å². The Morgan fingerprint density at radius 1 is 0.731 bits per heavy atom. The molecule has 0 aromatic carbocycles. The van der Waals surface area contributed by atoms with Crippen molar-refractivity contribution in [1.29, 1.82) is 0 Å². The molecule has 2 unspecified atom stereocenters. The van der Waals surface area contributed by atoms with Gasteiger partial charge in [-0.2, -0.15) is 0 Å². The van der Waals surface area contributed by atoms with Crippen molar-refractivity contribution >= 4 is 5.97 Å². The minimum Gasteiger partial charge on any atom is -0.455 e. The third kappa shape index (κ3) is 15.6. The second-order valence-electron chi connectivity index (χ2n) is 7.46. The normalized spacial score (nSPS) is 13.8. The van der Waals surface area contributed by atoms with E-state index in [1.54, 1.807) is 0 Å². The highest BCUT2D eigenvalue weighted by atomic mass is 16.6. The zero-order chi connectivity index (χ0) is 19.6. The summed E-state index contributed by atoms with van der Waals surface area (Å²) in [5, 5.41) is 27.4. The van der Waals surface area contributed by atoms with E-state index in [0.29, 0.717) is 6.42 Å². The first kappa shape index (κ1) is 25.4. The summed E-state index contributed by atoms with van der Waals surface area (Å²) >= 11 is 0. The van der Waals surface area contributed by atoms with Gasteiger partial charge in [0.05, 0.1) is 0 Å². The zero-order valence-electron chi connectivity index (χ0n) is 17.0. The molecule has 0 saturated heterocycles. The highest BCUT2D eigenvalue weighted by Crippen LogP contribution is 2.14. The van der Waals surface area contributed by atoms with Crippen molar-refractivity contribution in [2.75, 3.05) is 0 Å². The molecule has 0 amide bonds. The Morgan fingerprint density at radius 2 is 1.12 bits per heavy atom. The van der Waals surface area contributed by atoms with Gasteiger partial charge in [0.15, 0.2) is 12.4 Å². The minimum atomic E-state index is -1.72. The monoisotopic (exact) mass is 374 g/mol. The molecule has 5 nitrogen and oxygen atoms in total. The van der Waals surface area contributed by atoms with Crippen molar-refractivity contribution in [3.05, 3.63) is 0 Å². The van der Waals surface area contributed by atoms with Crippen LogP contribution in [0.1, 0.15) is 110 Å². The molecule has 0 heterocycles. The summed E-state index contributed by atoms with van der Waals surface area (Å²) in [6, 6.07) is 0. The van der Waals surface area contributed by atoms with E-state index >= 15 is 0 Å². The first-order chi connectivity index (χ1) is 12.5. The van der Waals surface area contributed by atoms with Crippen LogP contribution in [0.5, 0.6) is 0 Å². The highest BCUT2D eigenvalue weighted by Gasteiger charge is 2.21. The van der Waals surface area contributed by atoms with Gasteiger partial charge in [-0.3, -0.25) is 0 Å². The van der Waals surface area contributed by atoms with Gasteiger partial charge in [-0.1, -0.05) is 96.8 Å². The Labute approximate surface area is 160 Å². The highest BCUT2D eigenvalue weighted by molar-refractivity contribution is 5.74. The van der Waals surface area contributed by atoms with Crippen LogP contribution in [0.15, 0.2) is 0 Å². The second-order valence-corrected chi connectivity index (χ2v) is 7.46. The number of carbonyl (C=O) groups is 1. The molecule has 3 N–H and O–H groups in total. The number of unbranched alkanes of at least 4 members (excludes halogenated alkanes) is 13. The molecular formula is C21H42O5. The van der Waals surface area contributed by atoms with Crippen LogP contribution in [0.2, 0.25) is 0 Å². The number of rotatable bonds is 18. The average molecular weight is 375 g/mol. The lowest BCUT2D eigenvalue weighted by Crippen LogP contribution is -2.33. The van der Waals surface area contributed by atoms with Crippen molar-refractivity contribution in [3.8, 4) is 0 Å². The molecule has 0 aliphatic carbocycles. The van der Waals surface area contributed by atoms with Crippen LogP contribution < -0.4 is 0 Å². The summed E-state index contributed by atoms with van der Waals surface area (Å²) in [7, 11) is 0. The molecular weight excluding hydrogens is 332 g/mol. The Hall–Kier alpha value is -0.650. The van der Waals surface area contributed by atoms with Gasteiger partial charge >= 0.3 is 5.97 Å². The standard InChI is InChI=1S/C21H42O5/c1-3-4-5-6-7-8-9-10-11-12-13-14-15-16-17-19(22)21(25)26-18(2)20(23)24/h18-20,22-24H,3-17H2,1-2H3. The first-order valence-corrected chi connectivity index (χ1v) is 10.7. The maximum Gasteiger partial charge on any atom is 0.335 e. The van der Waals surface area contributed by atoms with E-state index in [1.807, 2.05) is 0 Å². The molecule has 5 heteroatoms. The number of hydrogen-bond acceptors (Lipinski definition) is 5. The van der Waals surface area contributed by atoms with E-state index in [0.717, 1.165) is 19.3 Å². The Kier molecular flexibility index (Phi) is 17.3. The maximum atomic E-state index is 11.5. The van der Waals surface area contributed by atoms with Gasteiger partial charge in [-0.25, -0.2) is 4.79 Å². The van der Waals surface area contributed by atoms with Gasteiger partial charge in [-0.15, -0.1) is 0 Å². The van der Waals surface area contributed by atoms with E-state index in [2.05, 4.69) is 6.92 Å². The molecule has 0 saturated carbocycles. The zero-order valence-corrected chi connectivity index (χ0v) is 17.0. The van der Waals surface area contributed by atoms with Crippen LogP contribution >= 0.6 is 0 Å². The summed E-state index contributed by atoms with van der Waals surface area (Å²) in [5.74, 6) is -0.778. The van der Waals surface area contributed by atoms with Crippen LogP contribution in [0.3, 0.4) is 0 Å². The largest absolute Gasteiger partial charge is 0.455 e. The van der Waals surface area contributed by atoms with Crippen LogP contribution in [-0.2, 0) is 9.53 Å². The third-order valence-electron chi connectivity index (χ3n) is 4.83.